The summed E-state index contributed by atoms with van der Waals surface area (Å²) in [5, 5.41) is 21.8. The van der Waals surface area contributed by atoms with Crippen LogP contribution >= 0.6 is 15.9 Å². The van der Waals surface area contributed by atoms with Gasteiger partial charge in [-0.15, -0.1) is 0 Å². The molecule has 0 aliphatic heterocycles. The molecule has 15 heavy (non-hydrogen) atoms. The van der Waals surface area contributed by atoms with Crippen molar-refractivity contribution in [3.63, 3.8) is 0 Å². The third kappa shape index (κ3) is 1.17. The number of hydrogen-bond acceptors (Lipinski definition) is 2. The Labute approximate surface area is 95.3 Å². The molecule has 2 unspecified atom stereocenters. The summed E-state index contributed by atoms with van der Waals surface area (Å²) in [6.45, 7) is 0. The Morgan fingerprint density at radius 3 is 2.53 bits per heavy atom. The first-order valence-corrected chi connectivity index (χ1v) is 5.56. The van der Waals surface area contributed by atoms with Crippen molar-refractivity contribution in [2.24, 2.45) is 0 Å². The van der Waals surface area contributed by atoms with Gasteiger partial charge < -0.3 is 10.2 Å². The van der Waals surface area contributed by atoms with Gasteiger partial charge in [-0.25, -0.2) is 0 Å². The average molecular weight is 265 g/mol. The fourth-order valence-corrected chi connectivity index (χ4v) is 2.77. The SMILES string of the molecule is OC1c2cccc3cc(Br)cc(c23)C1O. The molecule has 2 nitrogen and oxygen atoms in total. The van der Waals surface area contributed by atoms with Gasteiger partial charge in [-0.05, 0) is 34.0 Å². The Balaban J connectivity index is 2.48. The summed E-state index contributed by atoms with van der Waals surface area (Å²) in [7, 11) is 0. The number of halogens is 1. The molecule has 0 fully saturated rings. The van der Waals surface area contributed by atoms with Crippen molar-refractivity contribution >= 4 is 26.7 Å². The normalized spacial score (nSPS) is 23.7. The van der Waals surface area contributed by atoms with Crippen molar-refractivity contribution < 1.29 is 10.2 Å². The maximum absolute atomic E-state index is 9.89. The summed E-state index contributed by atoms with van der Waals surface area (Å²) < 4.78 is 0.926. The van der Waals surface area contributed by atoms with E-state index in [4.69, 9.17) is 0 Å². The Hall–Kier alpha value is -0.900. The predicted octanol–water partition coefficient (Wildman–Crippen LogP) is 2.68. The number of benzene rings is 2. The maximum atomic E-state index is 9.89. The van der Waals surface area contributed by atoms with Gasteiger partial charge >= 0.3 is 0 Å². The zero-order valence-corrected chi connectivity index (χ0v) is 9.40. The van der Waals surface area contributed by atoms with Crippen LogP contribution in [0.3, 0.4) is 0 Å². The lowest BCUT2D eigenvalue weighted by Crippen LogP contribution is -2.02. The molecule has 1 aliphatic carbocycles. The molecule has 3 heteroatoms. The third-order valence-electron chi connectivity index (χ3n) is 2.94. The van der Waals surface area contributed by atoms with E-state index in [0.29, 0.717) is 0 Å². The van der Waals surface area contributed by atoms with Gasteiger partial charge in [0.15, 0.2) is 0 Å². The van der Waals surface area contributed by atoms with Gasteiger partial charge in [0.1, 0.15) is 12.2 Å². The van der Waals surface area contributed by atoms with Crippen LogP contribution in [0.5, 0.6) is 0 Å². The van der Waals surface area contributed by atoms with Crippen molar-refractivity contribution in [3.05, 3.63) is 45.9 Å². The Bertz CT molecular complexity index is 551. The molecule has 0 saturated carbocycles. The van der Waals surface area contributed by atoms with Gasteiger partial charge in [-0.2, -0.15) is 0 Å². The second-order valence-electron chi connectivity index (χ2n) is 3.83. The highest BCUT2D eigenvalue weighted by Gasteiger charge is 2.31. The highest BCUT2D eigenvalue weighted by Crippen LogP contribution is 2.44. The van der Waals surface area contributed by atoms with Crippen LogP contribution in [0.4, 0.5) is 0 Å². The first-order chi connectivity index (χ1) is 7.18. The lowest BCUT2D eigenvalue weighted by Gasteiger charge is -2.08. The topological polar surface area (TPSA) is 40.5 Å². The number of hydrogen-bond donors (Lipinski definition) is 2. The molecule has 0 amide bonds. The van der Waals surface area contributed by atoms with Crippen molar-refractivity contribution in [2.45, 2.75) is 12.2 Å². The number of aliphatic hydroxyl groups excluding tert-OH is 2. The number of aliphatic hydroxyl groups is 2. The maximum Gasteiger partial charge on any atom is 0.110 e. The summed E-state index contributed by atoms with van der Waals surface area (Å²) in [6, 6.07) is 9.60. The smallest absolute Gasteiger partial charge is 0.110 e. The molecule has 3 rings (SSSR count). The summed E-state index contributed by atoms with van der Waals surface area (Å²) >= 11 is 3.40. The van der Waals surface area contributed by atoms with Gasteiger partial charge in [-0.1, -0.05) is 34.1 Å². The van der Waals surface area contributed by atoms with Gasteiger partial charge in [0, 0.05) is 4.47 Å². The van der Waals surface area contributed by atoms with E-state index < -0.39 is 12.2 Å². The molecule has 2 N–H and O–H groups in total. The minimum absolute atomic E-state index is 0.794. The summed E-state index contributed by atoms with van der Waals surface area (Å²) in [5.41, 5.74) is 1.63. The van der Waals surface area contributed by atoms with E-state index in [1.54, 1.807) is 0 Å². The van der Waals surface area contributed by atoms with Crippen molar-refractivity contribution in [2.75, 3.05) is 0 Å². The summed E-state index contributed by atoms with van der Waals surface area (Å²) in [6.07, 6.45) is -1.60. The molecule has 0 heterocycles. The Morgan fingerprint density at radius 1 is 1.00 bits per heavy atom. The molecule has 0 radical (unpaired) electrons. The monoisotopic (exact) mass is 264 g/mol. The second-order valence-corrected chi connectivity index (χ2v) is 4.75. The van der Waals surface area contributed by atoms with E-state index in [2.05, 4.69) is 15.9 Å². The Kier molecular flexibility index (Phi) is 1.89. The molecule has 0 saturated heterocycles. The van der Waals surface area contributed by atoms with Crippen LogP contribution in [0, 0.1) is 0 Å². The molecule has 2 aromatic carbocycles. The minimum atomic E-state index is -0.803. The summed E-state index contributed by atoms with van der Waals surface area (Å²) in [5.74, 6) is 0. The molecular weight excluding hydrogens is 256 g/mol. The van der Waals surface area contributed by atoms with Crippen LogP contribution in [-0.4, -0.2) is 10.2 Å². The quantitative estimate of drug-likeness (QED) is 0.768. The van der Waals surface area contributed by atoms with Crippen LogP contribution in [0.1, 0.15) is 23.3 Å². The van der Waals surface area contributed by atoms with Crippen molar-refractivity contribution in [1.82, 2.24) is 0 Å². The largest absolute Gasteiger partial charge is 0.385 e. The van der Waals surface area contributed by atoms with E-state index in [-0.39, 0.29) is 0 Å². The van der Waals surface area contributed by atoms with Gasteiger partial charge in [-0.3, -0.25) is 0 Å². The first-order valence-electron chi connectivity index (χ1n) is 4.76. The van der Waals surface area contributed by atoms with E-state index in [1.165, 1.54) is 0 Å². The van der Waals surface area contributed by atoms with Crippen molar-refractivity contribution in [1.29, 1.82) is 0 Å². The third-order valence-corrected chi connectivity index (χ3v) is 3.40. The van der Waals surface area contributed by atoms with Gasteiger partial charge in [0.25, 0.3) is 0 Å². The van der Waals surface area contributed by atoms with E-state index >= 15 is 0 Å². The highest BCUT2D eigenvalue weighted by molar-refractivity contribution is 9.10. The van der Waals surface area contributed by atoms with Crippen LogP contribution in [0.2, 0.25) is 0 Å². The van der Waals surface area contributed by atoms with Crippen molar-refractivity contribution in [3.8, 4) is 0 Å². The van der Waals surface area contributed by atoms with Crippen LogP contribution in [-0.2, 0) is 0 Å². The molecule has 2 aromatic rings. The lowest BCUT2D eigenvalue weighted by atomic mass is 10.1. The predicted molar refractivity (Wildman–Crippen MR) is 61.6 cm³/mol. The minimum Gasteiger partial charge on any atom is -0.385 e. The second kappa shape index (κ2) is 3.04. The number of rotatable bonds is 0. The van der Waals surface area contributed by atoms with Crippen LogP contribution < -0.4 is 0 Å². The van der Waals surface area contributed by atoms with E-state index in [0.717, 1.165) is 26.4 Å². The van der Waals surface area contributed by atoms with Crippen LogP contribution in [0.15, 0.2) is 34.8 Å². The summed E-state index contributed by atoms with van der Waals surface area (Å²) in [4.78, 5) is 0. The molecule has 0 bridgehead atoms. The zero-order valence-electron chi connectivity index (χ0n) is 7.81. The molecule has 2 atom stereocenters. The van der Waals surface area contributed by atoms with E-state index in [9.17, 15) is 10.2 Å². The molecule has 0 spiro atoms. The Morgan fingerprint density at radius 2 is 1.73 bits per heavy atom. The first kappa shape index (κ1) is 9.33. The molecular formula is C12H9BrO2. The fraction of sp³-hybridized carbons (Fsp3) is 0.167. The lowest BCUT2D eigenvalue weighted by molar-refractivity contribution is 0.0253. The van der Waals surface area contributed by atoms with Crippen LogP contribution in [0.25, 0.3) is 10.8 Å². The van der Waals surface area contributed by atoms with E-state index in [1.807, 2.05) is 30.3 Å². The zero-order chi connectivity index (χ0) is 10.6. The molecule has 0 aromatic heterocycles. The molecule has 76 valence electrons. The highest BCUT2D eigenvalue weighted by atomic mass is 79.9. The standard InChI is InChI=1S/C12H9BrO2/c13-7-4-6-2-1-3-8-10(6)9(5-7)12(15)11(8)14/h1-5,11-12,14-15H. The molecule has 1 aliphatic rings. The average Bonchev–Trinajstić information content (AvgIpc) is 2.46. The van der Waals surface area contributed by atoms with Gasteiger partial charge in [0.2, 0.25) is 0 Å². The van der Waals surface area contributed by atoms with Gasteiger partial charge in [0.05, 0.1) is 0 Å². The fourth-order valence-electron chi connectivity index (χ4n) is 2.27.